The Bertz CT molecular complexity index is 177. The molecular formula is C9H18N2O2. The number of piperazine rings is 1. The zero-order valence-electron chi connectivity index (χ0n) is 7.82. The highest BCUT2D eigenvalue weighted by molar-refractivity contribution is 4.93. The molecule has 3 atom stereocenters. The van der Waals surface area contributed by atoms with Crippen molar-refractivity contribution in [1.82, 2.24) is 10.2 Å². The molecule has 0 spiro atoms. The van der Waals surface area contributed by atoms with Crippen LogP contribution < -0.4 is 5.32 Å². The summed E-state index contributed by atoms with van der Waals surface area (Å²) in [5.41, 5.74) is 0. The normalized spacial score (nSPS) is 40.6. The van der Waals surface area contributed by atoms with Gasteiger partial charge >= 0.3 is 0 Å². The lowest BCUT2D eigenvalue weighted by molar-refractivity contribution is 0.141. The molecule has 0 radical (unpaired) electrons. The Labute approximate surface area is 78.5 Å². The Morgan fingerprint density at radius 2 is 2.23 bits per heavy atom. The van der Waals surface area contributed by atoms with E-state index in [-0.39, 0.29) is 12.7 Å². The molecule has 3 unspecified atom stereocenters. The first-order valence-corrected chi connectivity index (χ1v) is 5.06. The Hall–Kier alpha value is -0.160. The van der Waals surface area contributed by atoms with E-state index in [1.807, 2.05) is 0 Å². The molecule has 0 aromatic carbocycles. The number of rotatable bonds is 2. The van der Waals surface area contributed by atoms with Crippen LogP contribution in [0, 0.1) is 0 Å². The van der Waals surface area contributed by atoms with Gasteiger partial charge in [-0.3, -0.25) is 4.90 Å². The Kier molecular flexibility index (Phi) is 2.83. The number of hydrogen-bond acceptors (Lipinski definition) is 4. The van der Waals surface area contributed by atoms with E-state index in [1.165, 1.54) is 0 Å². The third-order valence-corrected chi connectivity index (χ3v) is 3.08. The summed E-state index contributed by atoms with van der Waals surface area (Å²) in [5.74, 6) is 0. The fraction of sp³-hybridized carbons (Fsp3) is 1.00. The van der Waals surface area contributed by atoms with E-state index >= 15 is 0 Å². The summed E-state index contributed by atoms with van der Waals surface area (Å²) in [6, 6.07) is 0.927. The standard InChI is InChI=1S/C9H18N2O2/c12-2-1-7-5-11-6-9(13)3-8(11)4-10-7/h7-10,12-13H,1-6H2. The maximum Gasteiger partial charge on any atom is 0.0682 e. The summed E-state index contributed by atoms with van der Waals surface area (Å²) in [6.45, 7) is 3.00. The largest absolute Gasteiger partial charge is 0.396 e. The maximum absolute atomic E-state index is 9.46. The minimum absolute atomic E-state index is 0.139. The van der Waals surface area contributed by atoms with Crippen LogP contribution in [-0.4, -0.2) is 59.5 Å². The van der Waals surface area contributed by atoms with Crippen LogP contribution in [0.5, 0.6) is 0 Å². The Morgan fingerprint density at radius 1 is 1.38 bits per heavy atom. The molecule has 0 bridgehead atoms. The minimum Gasteiger partial charge on any atom is -0.396 e. The molecule has 76 valence electrons. The molecule has 4 nitrogen and oxygen atoms in total. The molecule has 0 aromatic rings. The summed E-state index contributed by atoms with van der Waals surface area (Å²) in [5, 5.41) is 21.7. The molecule has 13 heavy (non-hydrogen) atoms. The van der Waals surface area contributed by atoms with Crippen molar-refractivity contribution in [3.05, 3.63) is 0 Å². The lowest BCUT2D eigenvalue weighted by atomic mass is 10.1. The van der Waals surface area contributed by atoms with Crippen molar-refractivity contribution in [1.29, 1.82) is 0 Å². The average molecular weight is 186 g/mol. The van der Waals surface area contributed by atoms with Gasteiger partial charge in [0.05, 0.1) is 6.10 Å². The maximum atomic E-state index is 9.46. The predicted octanol–water partition coefficient (Wildman–Crippen LogP) is -1.22. The lowest BCUT2D eigenvalue weighted by Crippen LogP contribution is -2.54. The van der Waals surface area contributed by atoms with E-state index in [1.54, 1.807) is 0 Å². The van der Waals surface area contributed by atoms with Gasteiger partial charge in [0, 0.05) is 38.3 Å². The molecule has 0 aliphatic carbocycles. The van der Waals surface area contributed by atoms with Crippen molar-refractivity contribution in [3.8, 4) is 0 Å². The predicted molar refractivity (Wildman–Crippen MR) is 49.5 cm³/mol. The molecule has 2 rings (SSSR count). The smallest absolute Gasteiger partial charge is 0.0682 e. The average Bonchev–Trinajstić information content (AvgIpc) is 2.44. The topological polar surface area (TPSA) is 55.7 Å². The van der Waals surface area contributed by atoms with Crippen LogP contribution in [0.3, 0.4) is 0 Å². The molecule has 2 aliphatic rings. The van der Waals surface area contributed by atoms with E-state index in [9.17, 15) is 5.11 Å². The van der Waals surface area contributed by atoms with Crippen LogP contribution in [-0.2, 0) is 0 Å². The van der Waals surface area contributed by atoms with Crippen molar-refractivity contribution < 1.29 is 10.2 Å². The van der Waals surface area contributed by atoms with Crippen molar-refractivity contribution in [2.75, 3.05) is 26.2 Å². The van der Waals surface area contributed by atoms with E-state index in [0.717, 1.165) is 32.5 Å². The fourth-order valence-corrected chi connectivity index (χ4v) is 2.39. The van der Waals surface area contributed by atoms with Crippen LogP contribution in [0.1, 0.15) is 12.8 Å². The molecule has 2 saturated heterocycles. The number of nitrogens with zero attached hydrogens (tertiary/aromatic N) is 1. The highest BCUT2D eigenvalue weighted by atomic mass is 16.3. The number of fused-ring (bicyclic) bond motifs is 1. The SMILES string of the molecule is OCCC1CN2CC(O)CC2CN1. The van der Waals surface area contributed by atoms with Crippen molar-refractivity contribution >= 4 is 0 Å². The number of nitrogens with one attached hydrogen (secondary N) is 1. The van der Waals surface area contributed by atoms with E-state index in [2.05, 4.69) is 10.2 Å². The van der Waals surface area contributed by atoms with Crippen molar-refractivity contribution in [3.63, 3.8) is 0 Å². The molecule has 0 saturated carbocycles. The van der Waals surface area contributed by atoms with Crippen LogP contribution in [0.4, 0.5) is 0 Å². The number of hydrogen-bond donors (Lipinski definition) is 3. The summed E-state index contributed by atoms with van der Waals surface area (Å²) in [7, 11) is 0. The highest BCUT2D eigenvalue weighted by Crippen LogP contribution is 2.20. The summed E-state index contributed by atoms with van der Waals surface area (Å²) in [6.07, 6.45) is 1.58. The quantitative estimate of drug-likeness (QED) is 0.506. The Balaban J connectivity index is 1.86. The van der Waals surface area contributed by atoms with E-state index in [4.69, 9.17) is 5.11 Å². The highest BCUT2D eigenvalue weighted by Gasteiger charge is 2.35. The van der Waals surface area contributed by atoms with Gasteiger partial charge in [-0.1, -0.05) is 0 Å². The van der Waals surface area contributed by atoms with E-state index < -0.39 is 0 Å². The molecule has 3 N–H and O–H groups in total. The second kappa shape index (κ2) is 3.92. The first kappa shape index (κ1) is 9.40. The zero-order valence-corrected chi connectivity index (χ0v) is 7.82. The summed E-state index contributed by atoms with van der Waals surface area (Å²) < 4.78 is 0. The number of aliphatic hydroxyl groups excluding tert-OH is 2. The molecule has 2 fully saturated rings. The second-order valence-corrected chi connectivity index (χ2v) is 4.11. The zero-order chi connectivity index (χ0) is 9.26. The Morgan fingerprint density at radius 3 is 3.00 bits per heavy atom. The molecule has 4 heteroatoms. The van der Waals surface area contributed by atoms with Gasteiger partial charge in [-0.25, -0.2) is 0 Å². The first-order chi connectivity index (χ1) is 6.29. The molecule has 0 amide bonds. The van der Waals surface area contributed by atoms with Gasteiger partial charge in [0.2, 0.25) is 0 Å². The summed E-state index contributed by atoms with van der Waals surface area (Å²) >= 11 is 0. The van der Waals surface area contributed by atoms with Gasteiger partial charge in [-0.05, 0) is 12.8 Å². The van der Waals surface area contributed by atoms with Crippen molar-refractivity contribution in [2.45, 2.75) is 31.0 Å². The second-order valence-electron chi connectivity index (χ2n) is 4.11. The van der Waals surface area contributed by atoms with E-state index in [0.29, 0.717) is 12.1 Å². The third kappa shape index (κ3) is 2.02. The molecular weight excluding hydrogens is 168 g/mol. The first-order valence-electron chi connectivity index (χ1n) is 5.06. The van der Waals surface area contributed by atoms with Gasteiger partial charge < -0.3 is 15.5 Å². The van der Waals surface area contributed by atoms with Gasteiger partial charge in [0.25, 0.3) is 0 Å². The minimum atomic E-state index is -0.139. The van der Waals surface area contributed by atoms with Gasteiger partial charge in [0.1, 0.15) is 0 Å². The summed E-state index contributed by atoms with van der Waals surface area (Å²) in [4.78, 5) is 2.33. The lowest BCUT2D eigenvalue weighted by Gasteiger charge is -2.35. The molecule has 2 heterocycles. The number of aliphatic hydroxyl groups is 2. The van der Waals surface area contributed by atoms with Gasteiger partial charge in [-0.15, -0.1) is 0 Å². The van der Waals surface area contributed by atoms with Gasteiger partial charge in [-0.2, -0.15) is 0 Å². The van der Waals surface area contributed by atoms with Crippen LogP contribution in [0.2, 0.25) is 0 Å². The molecule has 0 aromatic heterocycles. The van der Waals surface area contributed by atoms with Crippen molar-refractivity contribution in [2.24, 2.45) is 0 Å². The van der Waals surface area contributed by atoms with Crippen LogP contribution in [0.25, 0.3) is 0 Å². The van der Waals surface area contributed by atoms with Crippen LogP contribution >= 0.6 is 0 Å². The molecule has 2 aliphatic heterocycles. The van der Waals surface area contributed by atoms with Gasteiger partial charge in [0.15, 0.2) is 0 Å². The third-order valence-electron chi connectivity index (χ3n) is 3.08. The monoisotopic (exact) mass is 186 g/mol. The fourth-order valence-electron chi connectivity index (χ4n) is 2.39. The van der Waals surface area contributed by atoms with Crippen LogP contribution in [0.15, 0.2) is 0 Å².